The van der Waals surface area contributed by atoms with Gasteiger partial charge in [0.1, 0.15) is 11.5 Å². The Labute approximate surface area is 227 Å². The van der Waals surface area contributed by atoms with Gasteiger partial charge in [-0.25, -0.2) is 13.2 Å². The largest absolute Gasteiger partial charge is 0.496 e. The number of nitrogens with zero attached hydrogens (tertiary/aromatic N) is 1. The smallest absolute Gasteiger partial charge is 0.338 e. The van der Waals surface area contributed by atoms with Crippen LogP contribution in [0.15, 0.2) is 69.3 Å². The normalized spacial score (nSPS) is 13.8. The maximum atomic E-state index is 13.4. The van der Waals surface area contributed by atoms with Crippen molar-refractivity contribution in [3.8, 4) is 11.5 Å². The number of esters is 1. The van der Waals surface area contributed by atoms with E-state index in [2.05, 4.69) is 10.1 Å². The highest BCUT2D eigenvalue weighted by atomic mass is 32.2. The van der Waals surface area contributed by atoms with Gasteiger partial charge in [0.2, 0.25) is 0 Å². The maximum Gasteiger partial charge on any atom is 0.338 e. The van der Waals surface area contributed by atoms with Crippen LogP contribution in [0, 0.1) is 10.1 Å². The van der Waals surface area contributed by atoms with Gasteiger partial charge in [-0.05, 0) is 48.5 Å². The topological polar surface area (TPSA) is 151 Å². The molecule has 0 saturated heterocycles. The quantitative estimate of drug-likeness (QED) is 0.178. The van der Waals surface area contributed by atoms with Crippen molar-refractivity contribution in [2.24, 2.45) is 0 Å². The number of benzene rings is 3. The van der Waals surface area contributed by atoms with Crippen LogP contribution in [0.2, 0.25) is 0 Å². The van der Waals surface area contributed by atoms with Gasteiger partial charge in [0.15, 0.2) is 9.84 Å². The Hall–Kier alpha value is -4.36. The van der Waals surface area contributed by atoms with E-state index in [4.69, 9.17) is 9.47 Å². The van der Waals surface area contributed by atoms with Crippen molar-refractivity contribution in [2.45, 2.75) is 15.5 Å². The minimum atomic E-state index is -3.87. The molecule has 13 heteroatoms. The van der Waals surface area contributed by atoms with E-state index >= 15 is 0 Å². The van der Waals surface area contributed by atoms with E-state index < -0.39 is 38.1 Å². The fourth-order valence-corrected chi connectivity index (χ4v) is 6.34. The number of nitro groups is 1. The predicted octanol–water partition coefficient (Wildman–Crippen LogP) is 4.46. The number of carbonyl (C=O) groups is 2. The van der Waals surface area contributed by atoms with E-state index in [0.29, 0.717) is 27.6 Å². The molecule has 1 aliphatic heterocycles. The van der Waals surface area contributed by atoms with E-state index in [1.165, 1.54) is 50.6 Å². The molecule has 11 nitrogen and oxygen atoms in total. The third-order valence-corrected chi connectivity index (χ3v) is 8.52. The van der Waals surface area contributed by atoms with Gasteiger partial charge in [-0.15, -0.1) is 0 Å². The summed E-state index contributed by atoms with van der Waals surface area (Å²) in [6.07, 6.45) is 1.31. The third-order valence-electron chi connectivity index (χ3n) is 5.80. The molecule has 0 fully saturated rings. The number of nitro benzene ring substituents is 1. The first-order chi connectivity index (χ1) is 18.6. The first kappa shape index (κ1) is 27.7. The summed E-state index contributed by atoms with van der Waals surface area (Å²) in [6.45, 7) is 0. The maximum absolute atomic E-state index is 13.4. The lowest BCUT2D eigenvalue weighted by molar-refractivity contribution is -0.385. The van der Waals surface area contributed by atoms with Gasteiger partial charge in [-0.3, -0.25) is 14.9 Å². The van der Waals surface area contributed by atoms with Crippen LogP contribution >= 0.6 is 11.8 Å². The van der Waals surface area contributed by atoms with Crippen LogP contribution in [-0.4, -0.2) is 46.5 Å². The Morgan fingerprint density at radius 1 is 1.05 bits per heavy atom. The second kappa shape index (κ2) is 11.2. The fourth-order valence-electron chi connectivity index (χ4n) is 3.88. The predicted molar refractivity (Wildman–Crippen MR) is 144 cm³/mol. The van der Waals surface area contributed by atoms with Crippen molar-refractivity contribution < 1.29 is 37.1 Å². The number of carbonyl (C=O) groups excluding carboxylic acids is 2. The molecular formula is C26H22N2O9S2. The lowest BCUT2D eigenvalue weighted by Crippen LogP contribution is -2.18. The van der Waals surface area contributed by atoms with Gasteiger partial charge < -0.3 is 19.5 Å². The highest BCUT2D eigenvalue weighted by molar-refractivity contribution is 8.04. The van der Waals surface area contributed by atoms with Crippen LogP contribution in [0.3, 0.4) is 0 Å². The van der Waals surface area contributed by atoms with Crippen molar-refractivity contribution in [3.05, 3.63) is 86.3 Å². The summed E-state index contributed by atoms with van der Waals surface area (Å²) in [6, 6.07) is 13.0. The summed E-state index contributed by atoms with van der Waals surface area (Å²) >= 11 is 0.968. The second-order valence-corrected chi connectivity index (χ2v) is 11.2. The molecular weight excluding hydrogens is 548 g/mol. The summed E-state index contributed by atoms with van der Waals surface area (Å²) in [5.41, 5.74) is 0.433. The zero-order valence-corrected chi connectivity index (χ0v) is 22.6. The molecule has 0 aromatic heterocycles. The Balaban J connectivity index is 1.69. The number of ether oxygens (including phenoxy) is 3. The van der Waals surface area contributed by atoms with Gasteiger partial charge in [0, 0.05) is 11.0 Å². The number of nitrogens with one attached hydrogen (secondary N) is 1. The Kier molecular flexibility index (Phi) is 7.93. The molecule has 1 N–H and O–H groups in total. The molecule has 202 valence electrons. The molecule has 0 aliphatic carbocycles. The number of sulfone groups is 1. The number of fused-ring (bicyclic) bond motifs is 1. The van der Waals surface area contributed by atoms with Gasteiger partial charge >= 0.3 is 5.97 Å². The second-order valence-electron chi connectivity index (χ2n) is 8.15. The van der Waals surface area contributed by atoms with Crippen LogP contribution in [0.5, 0.6) is 11.5 Å². The number of hydrogen-bond donors (Lipinski definition) is 1. The molecule has 0 unspecified atom stereocenters. The number of methoxy groups -OCH3 is 3. The van der Waals surface area contributed by atoms with Crippen LogP contribution < -0.4 is 14.8 Å². The van der Waals surface area contributed by atoms with E-state index in [1.54, 1.807) is 18.2 Å². The first-order valence-corrected chi connectivity index (χ1v) is 13.7. The number of hydrogen-bond acceptors (Lipinski definition) is 10. The molecule has 1 heterocycles. The van der Waals surface area contributed by atoms with Crippen LogP contribution in [0.25, 0.3) is 6.08 Å². The van der Waals surface area contributed by atoms with E-state index in [-0.39, 0.29) is 20.9 Å². The molecule has 0 bridgehead atoms. The van der Waals surface area contributed by atoms with Gasteiger partial charge in [0.25, 0.3) is 11.6 Å². The first-order valence-electron chi connectivity index (χ1n) is 11.2. The summed E-state index contributed by atoms with van der Waals surface area (Å²) < 4.78 is 42.0. The molecule has 0 radical (unpaired) electrons. The van der Waals surface area contributed by atoms with Gasteiger partial charge in [-0.1, -0.05) is 17.8 Å². The van der Waals surface area contributed by atoms with Crippen molar-refractivity contribution in [1.29, 1.82) is 0 Å². The van der Waals surface area contributed by atoms with Crippen LogP contribution in [-0.2, 0) is 25.1 Å². The average molecular weight is 571 g/mol. The molecule has 0 spiro atoms. The zero-order valence-electron chi connectivity index (χ0n) is 20.9. The fraction of sp³-hybridized carbons (Fsp3) is 0.154. The molecule has 3 aromatic carbocycles. The highest BCUT2D eigenvalue weighted by Crippen LogP contribution is 2.41. The molecule has 39 heavy (non-hydrogen) atoms. The summed E-state index contributed by atoms with van der Waals surface area (Å²) in [7, 11) is 0.154. The molecule has 1 aliphatic rings. The number of thioether (sulfide) groups is 1. The minimum absolute atomic E-state index is 0.00520. The Morgan fingerprint density at radius 2 is 1.74 bits per heavy atom. The van der Waals surface area contributed by atoms with Crippen molar-refractivity contribution in [2.75, 3.05) is 26.6 Å². The van der Waals surface area contributed by atoms with E-state index in [0.717, 1.165) is 24.9 Å². The number of anilines is 1. The van der Waals surface area contributed by atoms with Crippen molar-refractivity contribution in [1.82, 2.24) is 0 Å². The molecule has 0 saturated carbocycles. The Bertz CT molecular complexity index is 1610. The van der Waals surface area contributed by atoms with E-state index in [1.807, 2.05) is 0 Å². The standard InChI is InChI=1S/C26H22N2O9S2/c1-35-21-5-4-6-22(36-2)18(21)14-39(33,34)17-9-10-19-23(13-17)38-24(25(29)27-19)12-15-7-8-16(26(30)37-3)11-20(15)28(31)32/h4-13H,14H2,1-3H3,(H,27,29). The van der Waals surface area contributed by atoms with Crippen molar-refractivity contribution in [3.63, 3.8) is 0 Å². The number of amides is 1. The van der Waals surface area contributed by atoms with Crippen LogP contribution in [0.1, 0.15) is 21.5 Å². The molecule has 4 rings (SSSR count). The monoisotopic (exact) mass is 570 g/mol. The van der Waals surface area contributed by atoms with Gasteiger partial charge in [-0.2, -0.15) is 0 Å². The van der Waals surface area contributed by atoms with Gasteiger partial charge in [0.05, 0.1) is 64.2 Å². The lowest BCUT2D eigenvalue weighted by Gasteiger charge is -2.20. The third kappa shape index (κ3) is 5.73. The highest BCUT2D eigenvalue weighted by Gasteiger charge is 2.27. The molecule has 1 amide bonds. The molecule has 0 atom stereocenters. The number of rotatable bonds is 8. The van der Waals surface area contributed by atoms with Crippen molar-refractivity contribution >= 4 is 50.9 Å². The minimum Gasteiger partial charge on any atom is -0.496 e. The average Bonchev–Trinajstić information content (AvgIpc) is 2.92. The SMILES string of the molecule is COC(=O)c1ccc(C=C2Sc3cc(S(=O)(=O)Cc4c(OC)cccc4OC)ccc3NC2=O)c([N+](=O)[O-])c1. The van der Waals surface area contributed by atoms with Crippen LogP contribution in [0.4, 0.5) is 11.4 Å². The Morgan fingerprint density at radius 3 is 2.36 bits per heavy atom. The summed E-state index contributed by atoms with van der Waals surface area (Å²) in [4.78, 5) is 36.0. The van der Waals surface area contributed by atoms with E-state index in [9.17, 15) is 28.1 Å². The summed E-state index contributed by atoms with van der Waals surface area (Å²) in [5, 5.41) is 14.3. The lowest BCUT2D eigenvalue weighted by atomic mass is 10.1. The molecule has 3 aromatic rings. The summed E-state index contributed by atoms with van der Waals surface area (Å²) in [5.74, 6) is -0.925. The zero-order chi connectivity index (χ0) is 28.3.